The maximum absolute atomic E-state index is 12.2. The van der Waals surface area contributed by atoms with E-state index in [2.05, 4.69) is 32.2 Å². The van der Waals surface area contributed by atoms with Gasteiger partial charge in [0.25, 0.3) is 0 Å². The molecular formula is C18H23N5O. The van der Waals surface area contributed by atoms with Gasteiger partial charge in [-0.3, -0.25) is 14.7 Å². The number of hydrogen-bond acceptors (Lipinski definition) is 5. The molecule has 1 N–H and O–H groups in total. The molecule has 24 heavy (non-hydrogen) atoms. The molecule has 6 heteroatoms. The highest BCUT2D eigenvalue weighted by atomic mass is 16.1. The largest absolute Gasteiger partial charge is 0.352 e. The molecule has 1 atom stereocenters. The normalized spacial score (nSPS) is 17.8. The lowest BCUT2D eigenvalue weighted by atomic mass is 10.1. The first-order valence-corrected chi connectivity index (χ1v) is 8.32. The second kappa shape index (κ2) is 7.49. The van der Waals surface area contributed by atoms with Gasteiger partial charge < -0.3 is 5.32 Å². The minimum absolute atomic E-state index is 0.0192. The van der Waals surface area contributed by atoms with E-state index in [9.17, 15) is 4.79 Å². The molecule has 0 unspecified atom stereocenters. The van der Waals surface area contributed by atoms with Crippen LogP contribution in [-0.2, 0) is 17.8 Å². The van der Waals surface area contributed by atoms with Crippen molar-refractivity contribution in [3.63, 3.8) is 0 Å². The predicted octanol–water partition coefficient (Wildman–Crippen LogP) is 1.81. The van der Waals surface area contributed by atoms with E-state index < -0.39 is 0 Å². The molecule has 1 fully saturated rings. The molecule has 0 aliphatic carbocycles. The van der Waals surface area contributed by atoms with Crippen molar-refractivity contribution in [1.82, 2.24) is 25.2 Å². The fourth-order valence-electron chi connectivity index (χ4n) is 3.14. The highest BCUT2D eigenvalue weighted by molar-refractivity contribution is 5.78. The van der Waals surface area contributed by atoms with Gasteiger partial charge in [0.2, 0.25) is 5.91 Å². The van der Waals surface area contributed by atoms with E-state index in [0.717, 1.165) is 35.6 Å². The molecule has 0 aromatic carbocycles. The van der Waals surface area contributed by atoms with Crippen LogP contribution in [0.5, 0.6) is 0 Å². The number of carbonyl (C=O) groups excluding carboxylic acids is 1. The van der Waals surface area contributed by atoms with Gasteiger partial charge in [-0.15, -0.1) is 0 Å². The van der Waals surface area contributed by atoms with Crippen molar-refractivity contribution < 1.29 is 4.79 Å². The van der Waals surface area contributed by atoms with E-state index in [1.807, 2.05) is 25.3 Å². The number of rotatable bonds is 5. The van der Waals surface area contributed by atoms with Crippen LogP contribution in [0.15, 0.2) is 30.7 Å². The van der Waals surface area contributed by atoms with Gasteiger partial charge in [0.15, 0.2) is 0 Å². The molecule has 1 aliphatic heterocycles. The van der Waals surface area contributed by atoms with Crippen molar-refractivity contribution in [1.29, 1.82) is 0 Å². The van der Waals surface area contributed by atoms with Gasteiger partial charge in [0.05, 0.1) is 18.2 Å². The summed E-state index contributed by atoms with van der Waals surface area (Å²) in [4.78, 5) is 27.5. The van der Waals surface area contributed by atoms with E-state index in [1.165, 1.54) is 6.42 Å². The number of carbonyl (C=O) groups is 1. The van der Waals surface area contributed by atoms with Gasteiger partial charge in [-0.1, -0.05) is 6.07 Å². The summed E-state index contributed by atoms with van der Waals surface area (Å²) >= 11 is 0. The topological polar surface area (TPSA) is 71.0 Å². The number of amides is 1. The fourth-order valence-corrected chi connectivity index (χ4v) is 3.14. The SMILES string of the molecule is Cc1ncc(CNC(=O)Cc2cccnc2)c([C@H]2CCCN2C)n1. The molecule has 0 bridgehead atoms. The van der Waals surface area contributed by atoms with Crippen LogP contribution in [0.2, 0.25) is 0 Å². The number of aryl methyl sites for hydroxylation is 1. The lowest BCUT2D eigenvalue weighted by molar-refractivity contribution is -0.120. The second-order valence-electron chi connectivity index (χ2n) is 6.28. The summed E-state index contributed by atoms with van der Waals surface area (Å²) in [6, 6.07) is 4.06. The van der Waals surface area contributed by atoms with Crippen molar-refractivity contribution >= 4 is 5.91 Å². The average molecular weight is 325 g/mol. The van der Waals surface area contributed by atoms with Crippen LogP contribution in [0.1, 0.15) is 41.5 Å². The lowest BCUT2D eigenvalue weighted by Gasteiger charge is -2.21. The third-order valence-electron chi connectivity index (χ3n) is 4.42. The number of nitrogens with zero attached hydrogens (tertiary/aromatic N) is 4. The number of pyridine rings is 1. The molecule has 3 heterocycles. The monoisotopic (exact) mass is 325 g/mol. The van der Waals surface area contributed by atoms with Crippen LogP contribution >= 0.6 is 0 Å². The van der Waals surface area contributed by atoms with Crippen molar-refractivity contribution in [3.8, 4) is 0 Å². The van der Waals surface area contributed by atoms with Crippen LogP contribution in [0, 0.1) is 6.92 Å². The molecular weight excluding hydrogens is 302 g/mol. The molecule has 3 rings (SSSR count). The third-order valence-corrected chi connectivity index (χ3v) is 4.42. The Bertz CT molecular complexity index is 704. The van der Waals surface area contributed by atoms with Crippen LogP contribution in [0.3, 0.4) is 0 Å². The third kappa shape index (κ3) is 3.94. The molecule has 1 amide bonds. The first-order chi connectivity index (χ1) is 11.6. The Kier molecular flexibility index (Phi) is 5.15. The summed E-state index contributed by atoms with van der Waals surface area (Å²) < 4.78 is 0. The van der Waals surface area contributed by atoms with Crippen molar-refractivity contribution in [2.24, 2.45) is 0 Å². The van der Waals surface area contributed by atoms with Crippen molar-refractivity contribution in [2.45, 2.75) is 38.8 Å². The molecule has 2 aromatic rings. The molecule has 1 aliphatic rings. The molecule has 0 radical (unpaired) electrons. The quantitative estimate of drug-likeness (QED) is 0.908. The maximum atomic E-state index is 12.2. The zero-order valence-corrected chi connectivity index (χ0v) is 14.2. The van der Waals surface area contributed by atoms with Crippen LogP contribution in [0.4, 0.5) is 0 Å². The van der Waals surface area contributed by atoms with Crippen molar-refractivity contribution in [3.05, 3.63) is 53.4 Å². The Hall–Kier alpha value is -2.34. The second-order valence-corrected chi connectivity index (χ2v) is 6.28. The number of likely N-dealkylation sites (tertiary alicyclic amines) is 1. The first kappa shape index (κ1) is 16.5. The first-order valence-electron chi connectivity index (χ1n) is 8.32. The zero-order chi connectivity index (χ0) is 16.9. The summed E-state index contributed by atoms with van der Waals surface area (Å²) in [5.74, 6) is 0.755. The van der Waals surface area contributed by atoms with Crippen LogP contribution < -0.4 is 5.32 Å². The van der Waals surface area contributed by atoms with E-state index in [0.29, 0.717) is 19.0 Å². The van der Waals surface area contributed by atoms with E-state index in [4.69, 9.17) is 0 Å². The summed E-state index contributed by atoms with van der Waals surface area (Å²) in [5, 5.41) is 2.98. The fraction of sp³-hybridized carbons (Fsp3) is 0.444. The molecule has 1 saturated heterocycles. The Morgan fingerprint density at radius 3 is 3.00 bits per heavy atom. The Balaban J connectivity index is 1.67. The maximum Gasteiger partial charge on any atom is 0.224 e. The lowest BCUT2D eigenvalue weighted by Crippen LogP contribution is -2.27. The van der Waals surface area contributed by atoms with E-state index >= 15 is 0 Å². The molecule has 0 saturated carbocycles. The van der Waals surface area contributed by atoms with Crippen molar-refractivity contribution in [2.75, 3.05) is 13.6 Å². The zero-order valence-electron chi connectivity index (χ0n) is 14.2. The number of aromatic nitrogens is 3. The molecule has 0 spiro atoms. The van der Waals surface area contributed by atoms with Gasteiger partial charge >= 0.3 is 0 Å². The van der Waals surface area contributed by atoms with E-state index in [1.54, 1.807) is 12.4 Å². The summed E-state index contributed by atoms with van der Waals surface area (Å²) in [6.07, 6.45) is 7.87. The Labute approximate surface area is 142 Å². The summed E-state index contributed by atoms with van der Waals surface area (Å²) in [7, 11) is 2.12. The Morgan fingerprint density at radius 2 is 2.29 bits per heavy atom. The average Bonchev–Trinajstić information content (AvgIpc) is 3.00. The number of hydrogen-bond donors (Lipinski definition) is 1. The summed E-state index contributed by atoms with van der Waals surface area (Å²) in [6.45, 7) is 3.45. The molecule has 126 valence electrons. The standard InChI is InChI=1S/C18H23N5O/c1-13-20-11-15(18(22-13)16-6-4-8-23(16)2)12-21-17(24)9-14-5-3-7-19-10-14/h3,5,7,10-11,16H,4,6,8-9,12H2,1-2H3,(H,21,24)/t16-/m1/s1. The van der Waals surface area contributed by atoms with Crippen LogP contribution in [-0.4, -0.2) is 39.4 Å². The minimum atomic E-state index is -0.0192. The van der Waals surface area contributed by atoms with Crippen LogP contribution in [0.25, 0.3) is 0 Å². The van der Waals surface area contributed by atoms with Gasteiger partial charge in [-0.05, 0) is 45.0 Å². The van der Waals surface area contributed by atoms with E-state index in [-0.39, 0.29) is 5.91 Å². The van der Waals surface area contributed by atoms with Gasteiger partial charge in [0.1, 0.15) is 5.82 Å². The van der Waals surface area contributed by atoms with Gasteiger partial charge in [0, 0.05) is 30.7 Å². The number of nitrogens with one attached hydrogen (secondary N) is 1. The van der Waals surface area contributed by atoms with Gasteiger partial charge in [-0.2, -0.15) is 0 Å². The highest BCUT2D eigenvalue weighted by Crippen LogP contribution is 2.30. The highest BCUT2D eigenvalue weighted by Gasteiger charge is 2.26. The molecule has 2 aromatic heterocycles. The smallest absolute Gasteiger partial charge is 0.224 e. The Morgan fingerprint density at radius 1 is 1.42 bits per heavy atom. The molecule has 6 nitrogen and oxygen atoms in total. The minimum Gasteiger partial charge on any atom is -0.352 e. The van der Waals surface area contributed by atoms with Gasteiger partial charge in [-0.25, -0.2) is 9.97 Å². The predicted molar refractivity (Wildman–Crippen MR) is 91.2 cm³/mol. The summed E-state index contributed by atoms with van der Waals surface area (Å²) in [5.41, 5.74) is 2.95.